The second-order valence-corrected chi connectivity index (χ2v) is 6.39. The van der Waals surface area contributed by atoms with Crippen molar-refractivity contribution in [3.8, 4) is 0 Å². The molecule has 0 aliphatic carbocycles. The SMILES string of the molecule is CN=C(NCCCN(C)CCOC)NCCc1nc(C(F)(F)F)cs1.I. The van der Waals surface area contributed by atoms with Gasteiger partial charge in [-0.1, -0.05) is 0 Å². The van der Waals surface area contributed by atoms with Crippen molar-refractivity contribution in [3.63, 3.8) is 0 Å². The average Bonchev–Trinajstić information content (AvgIpc) is 3.04. The van der Waals surface area contributed by atoms with Crippen LogP contribution in [0.4, 0.5) is 13.2 Å². The maximum absolute atomic E-state index is 12.5. The Balaban J connectivity index is 0.00000625. The zero-order chi connectivity index (χ0) is 18.7. The molecule has 0 unspecified atom stereocenters. The van der Waals surface area contributed by atoms with Gasteiger partial charge in [-0.2, -0.15) is 13.2 Å². The number of aliphatic imine (C=N–C) groups is 1. The van der Waals surface area contributed by atoms with Crippen molar-refractivity contribution in [2.45, 2.75) is 19.0 Å². The molecule has 152 valence electrons. The van der Waals surface area contributed by atoms with E-state index in [0.29, 0.717) is 30.5 Å². The maximum atomic E-state index is 12.5. The number of methoxy groups -OCH3 is 1. The third kappa shape index (κ3) is 10.5. The van der Waals surface area contributed by atoms with E-state index in [1.165, 1.54) is 0 Å². The highest BCUT2D eigenvalue weighted by atomic mass is 127. The zero-order valence-electron chi connectivity index (χ0n) is 15.2. The van der Waals surface area contributed by atoms with Crippen molar-refractivity contribution in [1.82, 2.24) is 20.5 Å². The number of guanidine groups is 1. The Kier molecular flexibility index (Phi) is 13.2. The number of aromatic nitrogens is 1. The summed E-state index contributed by atoms with van der Waals surface area (Å²) in [7, 11) is 5.38. The minimum absolute atomic E-state index is 0. The number of nitrogens with zero attached hydrogens (tertiary/aromatic N) is 3. The smallest absolute Gasteiger partial charge is 0.383 e. The van der Waals surface area contributed by atoms with Crippen LogP contribution in [-0.4, -0.2) is 69.8 Å². The van der Waals surface area contributed by atoms with Gasteiger partial charge >= 0.3 is 6.18 Å². The molecule has 0 bridgehead atoms. The van der Waals surface area contributed by atoms with Crippen LogP contribution < -0.4 is 10.6 Å². The second kappa shape index (κ2) is 13.5. The van der Waals surface area contributed by atoms with E-state index in [1.54, 1.807) is 14.2 Å². The molecule has 1 heterocycles. The highest BCUT2D eigenvalue weighted by Crippen LogP contribution is 2.29. The summed E-state index contributed by atoms with van der Waals surface area (Å²) < 4.78 is 42.5. The molecule has 6 nitrogen and oxygen atoms in total. The maximum Gasteiger partial charge on any atom is 0.434 e. The molecule has 0 radical (unpaired) electrons. The molecule has 1 rings (SSSR count). The van der Waals surface area contributed by atoms with Crippen LogP contribution in [0.5, 0.6) is 0 Å². The molecule has 0 atom stereocenters. The number of alkyl halides is 3. The molecule has 0 spiro atoms. The van der Waals surface area contributed by atoms with E-state index in [-0.39, 0.29) is 24.0 Å². The normalized spacial score (nSPS) is 12.2. The molecule has 0 aliphatic rings. The first-order valence-corrected chi connectivity index (χ1v) is 8.88. The molecule has 0 aliphatic heterocycles. The highest BCUT2D eigenvalue weighted by molar-refractivity contribution is 14.0. The van der Waals surface area contributed by atoms with Gasteiger partial charge in [-0.05, 0) is 20.0 Å². The fraction of sp³-hybridized carbons (Fsp3) is 0.733. The Bertz CT molecular complexity index is 528. The Morgan fingerprint density at radius 2 is 2.00 bits per heavy atom. The Morgan fingerprint density at radius 3 is 2.58 bits per heavy atom. The summed E-state index contributed by atoms with van der Waals surface area (Å²) in [5, 5.41) is 7.76. The predicted molar refractivity (Wildman–Crippen MR) is 110 cm³/mol. The van der Waals surface area contributed by atoms with Crippen molar-refractivity contribution in [2.75, 3.05) is 54.0 Å². The minimum Gasteiger partial charge on any atom is -0.383 e. The molecule has 0 saturated heterocycles. The predicted octanol–water partition coefficient (Wildman–Crippen LogP) is 2.46. The van der Waals surface area contributed by atoms with Crippen molar-refractivity contribution in [3.05, 3.63) is 16.1 Å². The summed E-state index contributed by atoms with van der Waals surface area (Å²) in [4.78, 5) is 9.88. The number of rotatable bonds is 10. The second-order valence-electron chi connectivity index (χ2n) is 5.45. The quantitative estimate of drug-likeness (QED) is 0.220. The summed E-state index contributed by atoms with van der Waals surface area (Å²) in [6, 6.07) is 0. The Morgan fingerprint density at radius 1 is 1.31 bits per heavy atom. The lowest BCUT2D eigenvalue weighted by molar-refractivity contribution is -0.140. The van der Waals surface area contributed by atoms with Crippen LogP contribution in [0.3, 0.4) is 0 Å². The monoisotopic (exact) mass is 509 g/mol. The molecule has 2 N–H and O–H groups in total. The molecule has 0 fully saturated rings. The van der Waals surface area contributed by atoms with Gasteiger partial charge in [0.25, 0.3) is 0 Å². The van der Waals surface area contributed by atoms with Crippen molar-refractivity contribution >= 4 is 41.3 Å². The van der Waals surface area contributed by atoms with Crippen LogP contribution in [0, 0.1) is 0 Å². The summed E-state index contributed by atoms with van der Waals surface area (Å²) >= 11 is 1.02. The van der Waals surface area contributed by atoms with Crippen molar-refractivity contribution < 1.29 is 17.9 Å². The molecule has 11 heteroatoms. The number of nitrogens with one attached hydrogen (secondary N) is 2. The molecular formula is C15H27F3IN5OS. The van der Waals surface area contributed by atoms with E-state index in [4.69, 9.17) is 4.74 Å². The van der Waals surface area contributed by atoms with E-state index in [1.807, 2.05) is 7.05 Å². The number of halogens is 4. The minimum atomic E-state index is -4.38. The first-order valence-electron chi connectivity index (χ1n) is 8.00. The number of likely N-dealkylation sites (N-methyl/N-ethyl adjacent to an activating group) is 1. The Hall–Kier alpha value is -0.660. The van der Waals surface area contributed by atoms with Gasteiger partial charge in [0, 0.05) is 45.6 Å². The molecule has 0 saturated carbocycles. The van der Waals surface area contributed by atoms with Gasteiger partial charge in [-0.25, -0.2) is 4.98 Å². The third-order valence-electron chi connectivity index (χ3n) is 3.38. The lowest BCUT2D eigenvalue weighted by atomic mass is 10.4. The molecule has 26 heavy (non-hydrogen) atoms. The van der Waals surface area contributed by atoms with E-state index in [9.17, 15) is 13.2 Å². The number of hydrogen-bond donors (Lipinski definition) is 2. The molecule has 1 aromatic rings. The fourth-order valence-electron chi connectivity index (χ4n) is 1.98. The van der Waals surface area contributed by atoms with E-state index in [0.717, 1.165) is 42.8 Å². The van der Waals surface area contributed by atoms with Crippen LogP contribution in [0.25, 0.3) is 0 Å². The van der Waals surface area contributed by atoms with Crippen LogP contribution in [0.15, 0.2) is 10.4 Å². The van der Waals surface area contributed by atoms with Gasteiger partial charge in [-0.15, -0.1) is 35.3 Å². The standard InChI is InChI=1S/C15H26F3N5OS.HI/c1-19-14(20-6-4-8-23(2)9-10-24-3)21-7-5-13-22-12(11-25-13)15(16,17)18;/h11H,4-10H2,1-3H3,(H2,19,20,21);1H. The van der Waals surface area contributed by atoms with Crippen molar-refractivity contribution in [2.24, 2.45) is 4.99 Å². The lowest BCUT2D eigenvalue weighted by Gasteiger charge is -2.16. The summed E-state index contributed by atoms with van der Waals surface area (Å²) in [6.45, 7) is 3.76. The van der Waals surface area contributed by atoms with Gasteiger partial charge in [-0.3, -0.25) is 4.99 Å². The summed E-state index contributed by atoms with van der Waals surface area (Å²) in [5.74, 6) is 0.632. The van der Waals surface area contributed by atoms with Crippen molar-refractivity contribution in [1.29, 1.82) is 0 Å². The lowest BCUT2D eigenvalue weighted by Crippen LogP contribution is -2.39. The van der Waals surface area contributed by atoms with E-state index < -0.39 is 11.9 Å². The van der Waals surface area contributed by atoms with Crippen LogP contribution in [-0.2, 0) is 17.3 Å². The van der Waals surface area contributed by atoms with Crippen LogP contribution >= 0.6 is 35.3 Å². The third-order valence-corrected chi connectivity index (χ3v) is 4.29. The number of hydrogen-bond acceptors (Lipinski definition) is 5. The largest absolute Gasteiger partial charge is 0.434 e. The van der Waals surface area contributed by atoms with E-state index >= 15 is 0 Å². The van der Waals surface area contributed by atoms with Gasteiger partial charge in [0.1, 0.15) is 0 Å². The average molecular weight is 509 g/mol. The molecular weight excluding hydrogens is 482 g/mol. The van der Waals surface area contributed by atoms with Gasteiger partial charge in [0.15, 0.2) is 11.7 Å². The molecule has 1 aromatic heterocycles. The van der Waals surface area contributed by atoms with E-state index in [2.05, 4.69) is 25.5 Å². The number of ether oxygens (including phenoxy) is 1. The van der Waals surface area contributed by atoms with Crippen LogP contribution in [0.2, 0.25) is 0 Å². The number of thiazole rings is 1. The summed E-state index contributed by atoms with van der Waals surface area (Å²) in [5.41, 5.74) is -0.826. The molecule has 0 aromatic carbocycles. The zero-order valence-corrected chi connectivity index (χ0v) is 18.4. The van der Waals surface area contributed by atoms with Crippen LogP contribution in [0.1, 0.15) is 17.1 Å². The highest BCUT2D eigenvalue weighted by Gasteiger charge is 2.33. The Labute approximate surface area is 173 Å². The molecule has 0 amide bonds. The van der Waals surface area contributed by atoms with Gasteiger partial charge < -0.3 is 20.3 Å². The first kappa shape index (κ1) is 25.3. The van der Waals surface area contributed by atoms with Gasteiger partial charge in [0.05, 0.1) is 11.6 Å². The first-order chi connectivity index (χ1) is 11.9. The fourth-order valence-corrected chi connectivity index (χ4v) is 2.78. The topological polar surface area (TPSA) is 61.8 Å². The summed E-state index contributed by atoms with van der Waals surface area (Å²) in [6.07, 6.45) is -3.01. The van der Waals surface area contributed by atoms with Gasteiger partial charge in [0.2, 0.25) is 0 Å².